The van der Waals surface area contributed by atoms with E-state index in [2.05, 4.69) is 5.92 Å². The molecule has 0 aromatic carbocycles. The molecular formula is C21H32NO10+. The number of rotatable bonds is 10. The molecule has 0 bridgehead atoms. The summed E-state index contributed by atoms with van der Waals surface area (Å²) in [4.78, 5) is 46.6. The van der Waals surface area contributed by atoms with Crippen molar-refractivity contribution < 1.29 is 52.1 Å². The van der Waals surface area contributed by atoms with Gasteiger partial charge in [0.15, 0.2) is 24.6 Å². The van der Waals surface area contributed by atoms with Crippen LogP contribution in [0.1, 0.15) is 27.7 Å². The van der Waals surface area contributed by atoms with Crippen LogP contribution in [0.2, 0.25) is 0 Å². The molecule has 1 fully saturated rings. The van der Waals surface area contributed by atoms with Crippen LogP contribution in [0.25, 0.3) is 0 Å². The predicted octanol–water partition coefficient (Wildman–Crippen LogP) is -0.204. The van der Waals surface area contributed by atoms with E-state index < -0.39 is 54.6 Å². The molecule has 11 heteroatoms. The van der Waals surface area contributed by atoms with E-state index in [9.17, 15) is 19.2 Å². The Bertz CT molecular complexity index is 729. The lowest BCUT2D eigenvalue weighted by Gasteiger charge is -2.44. The van der Waals surface area contributed by atoms with Gasteiger partial charge in [-0.25, -0.2) is 0 Å². The molecule has 1 saturated heterocycles. The standard InChI is InChI=1S/C21H32NO10/c1-8-9-22(6,7)10-11-27-21-20(31-16(5)26)19(30-15(4)25)18(29-14(3)24)17(32-21)12-28-13(2)23/h1,17-21H,9-12H2,2-7H3/q+1/t17?,18-,19+,20-,21-/m1/s1. The molecule has 1 aliphatic rings. The molecule has 1 heterocycles. The van der Waals surface area contributed by atoms with Gasteiger partial charge in [-0.2, -0.15) is 0 Å². The van der Waals surface area contributed by atoms with Crippen molar-refractivity contribution in [3.8, 4) is 12.3 Å². The molecule has 0 radical (unpaired) electrons. The van der Waals surface area contributed by atoms with Crippen molar-refractivity contribution in [1.82, 2.24) is 0 Å². The summed E-state index contributed by atoms with van der Waals surface area (Å²) in [5.41, 5.74) is 0. The van der Waals surface area contributed by atoms with Crippen molar-refractivity contribution in [3.63, 3.8) is 0 Å². The highest BCUT2D eigenvalue weighted by atomic mass is 16.7. The maximum absolute atomic E-state index is 11.8. The molecule has 0 aliphatic carbocycles. The van der Waals surface area contributed by atoms with Crippen molar-refractivity contribution in [1.29, 1.82) is 0 Å². The minimum absolute atomic E-state index is 0.155. The summed E-state index contributed by atoms with van der Waals surface area (Å²) in [6.45, 7) is 5.48. The molecule has 0 spiro atoms. The Morgan fingerprint density at radius 2 is 1.41 bits per heavy atom. The van der Waals surface area contributed by atoms with E-state index in [0.717, 1.165) is 13.8 Å². The van der Waals surface area contributed by atoms with Gasteiger partial charge in [-0.1, -0.05) is 0 Å². The summed E-state index contributed by atoms with van der Waals surface area (Å²) in [7, 11) is 3.83. The largest absolute Gasteiger partial charge is 0.463 e. The molecule has 11 nitrogen and oxygen atoms in total. The number of nitrogens with zero attached hydrogens (tertiary/aromatic N) is 1. The van der Waals surface area contributed by atoms with Crippen molar-refractivity contribution in [2.24, 2.45) is 0 Å². The summed E-state index contributed by atoms with van der Waals surface area (Å²) in [5, 5.41) is 0. The lowest BCUT2D eigenvalue weighted by molar-refractivity contribution is -0.883. The first-order valence-corrected chi connectivity index (χ1v) is 10.0. The molecule has 1 unspecified atom stereocenters. The molecule has 1 rings (SSSR count). The van der Waals surface area contributed by atoms with Crippen LogP contribution in [-0.2, 0) is 47.6 Å². The summed E-state index contributed by atoms with van der Waals surface area (Å²) >= 11 is 0. The number of esters is 4. The molecule has 0 N–H and O–H groups in total. The lowest BCUT2D eigenvalue weighted by atomic mass is 9.98. The Morgan fingerprint density at radius 1 is 0.875 bits per heavy atom. The molecule has 180 valence electrons. The van der Waals surface area contributed by atoms with Crippen molar-refractivity contribution in [2.75, 3.05) is 40.4 Å². The van der Waals surface area contributed by atoms with Gasteiger partial charge in [0.1, 0.15) is 25.8 Å². The van der Waals surface area contributed by atoms with Crippen LogP contribution >= 0.6 is 0 Å². The molecule has 0 amide bonds. The second kappa shape index (κ2) is 12.4. The van der Waals surface area contributed by atoms with Gasteiger partial charge in [-0.3, -0.25) is 19.2 Å². The van der Waals surface area contributed by atoms with Gasteiger partial charge in [0.05, 0.1) is 20.7 Å². The van der Waals surface area contributed by atoms with Crippen molar-refractivity contribution in [3.05, 3.63) is 0 Å². The zero-order valence-corrected chi connectivity index (χ0v) is 19.3. The monoisotopic (exact) mass is 458 g/mol. The van der Waals surface area contributed by atoms with E-state index in [1.54, 1.807) is 0 Å². The van der Waals surface area contributed by atoms with Gasteiger partial charge in [-0.15, -0.1) is 6.42 Å². The van der Waals surface area contributed by atoms with E-state index in [0.29, 0.717) is 17.6 Å². The van der Waals surface area contributed by atoms with Crippen LogP contribution < -0.4 is 0 Å². The number of carbonyl (C=O) groups is 4. The van der Waals surface area contributed by atoms with E-state index >= 15 is 0 Å². The van der Waals surface area contributed by atoms with Crippen molar-refractivity contribution in [2.45, 2.75) is 58.4 Å². The highest BCUT2D eigenvalue weighted by Crippen LogP contribution is 2.30. The third-order valence-corrected chi connectivity index (χ3v) is 4.45. The Labute approximate surface area is 187 Å². The maximum Gasteiger partial charge on any atom is 0.303 e. The SMILES string of the molecule is C#CC[N+](C)(C)CCO[C@@H]1OC(COC(C)=O)[C@@H](OC(C)=O)[C@H](OC(C)=O)[C@H]1OC(C)=O. The zero-order valence-electron chi connectivity index (χ0n) is 19.3. The normalized spacial score (nSPS) is 25.2. The van der Waals surface area contributed by atoms with Gasteiger partial charge in [0, 0.05) is 27.7 Å². The molecule has 32 heavy (non-hydrogen) atoms. The van der Waals surface area contributed by atoms with Crippen LogP contribution in [0.4, 0.5) is 0 Å². The van der Waals surface area contributed by atoms with Crippen LogP contribution in [0, 0.1) is 12.3 Å². The third-order valence-electron chi connectivity index (χ3n) is 4.45. The summed E-state index contributed by atoms with van der Waals surface area (Å²) < 4.78 is 33.1. The van der Waals surface area contributed by atoms with E-state index in [4.69, 9.17) is 34.8 Å². The number of carbonyl (C=O) groups excluding carboxylic acids is 4. The first-order chi connectivity index (χ1) is 14.9. The smallest absolute Gasteiger partial charge is 0.303 e. The number of terminal acetylenes is 1. The summed E-state index contributed by atoms with van der Waals surface area (Å²) in [5.74, 6) is -0.0999. The molecule has 0 aromatic rings. The maximum atomic E-state index is 11.8. The quantitative estimate of drug-likeness (QED) is 0.188. The van der Waals surface area contributed by atoms with Crippen LogP contribution in [0.3, 0.4) is 0 Å². The summed E-state index contributed by atoms with van der Waals surface area (Å²) in [6, 6.07) is 0. The predicted molar refractivity (Wildman–Crippen MR) is 109 cm³/mol. The first-order valence-electron chi connectivity index (χ1n) is 10.0. The fourth-order valence-corrected chi connectivity index (χ4v) is 3.07. The third kappa shape index (κ3) is 9.21. The van der Waals surface area contributed by atoms with E-state index in [1.807, 2.05) is 14.1 Å². The Kier molecular flexibility index (Phi) is 10.6. The molecule has 0 aromatic heterocycles. The van der Waals surface area contributed by atoms with Gasteiger partial charge < -0.3 is 32.9 Å². The van der Waals surface area contributed by atoms with Gasteiger partial charge in [0.25, 0.3) is 0 Å². The topological polar surface area (TPSA) is 124 Å². The second-order valence-electron chi connectivity index (χ2n) is 7.96. The van der Waals surface area contributed by atoms with Gasteiger partial charge in [-0.05, 0) is 5.92 Å². The average molecular weight is 458 g/mol. The molecular weight excluding hydrogens is 426 g/mol. The van der Waals surface area contributed by atoms with Crippen molar-refractivity contribution >= 4 is 23.9 Å². The lowest BCUT2D eigenvalue weighted by Crippen LogP contribution is -2.63. The Morgan fingerprint density at radius 3 is 1.91 bits per heavy atom. The Hall–Kier alpha value is -2.68. The summed E-state index contributed by atoms with van der Waals surface area (Å²) in [6.07, 6.45) is -0.565. The van der Waals surface area contributed by atoms with E-state index in [1.165, 1.54) is 13.8 Å². The van der Waals surface area contributed by atoms with E-state index in [-0.39, 0.29) is 13.2 Å². The minimum Gasteiger partial charge on any atom is -0.463 e. The van der Waals surface area contributed by atoms with Crippen LogP contribution in [0.15, 0.2) is 0 Å². The number of hydrogen-bond donors (Lipinski definition) is 0. The second-order valence-corrected chi connectivity index (χ2v) is 7.96. The Balaban J connectivity index is 3.21. The van der Waals surface area contributed by atoms with Crippen LogP contribution in [-0.4, -0.2) is 99.5 Å². The highest BCUT2D eigenvalue weighted by molar-refractivity contribution is 5.68. The molecule has 1 aliphatic heterocycles. The number of hydrogen-bond acceptors (Lipinski definition) is 10. The van der Waals surface area contributed by atoms with Gasteiger partial charge >= 0.3 is 23.9 Å². The van der Waals surface area contributed by atoms with Crippen LogP contribution in [0.5, 0.6) is 0 Å². The molecule has 0 saturated carbocycles. The average Bonchev–Trinajstić information content (AvgIpc) is 2.63. The zero-order chi connectivity index (χ0) is 24.5. The first kappa shape index (κ1) is 27.4. The fraction of sp³-hybridized carbons (Fsp3) is 0.714. The number of ether oxygens (including phenoxy) is 6. The highest BCUT2D eigenvalue weighted by Gasteiger charge is 2.52. The fourth-order valence-electron chi connectivity index (χ4n) is 3.07. The molecule has 5 atom stereocenters. The number of quaternary nitrogens is 1. The number of likely N-dealkylation sites (N-methyl/N-ethyl adjacent to an activating group) is 1. The minimum atomic E-state index is -1.26. The van der Waals surface area contributed by atoms with Gasteiger partial charge in [0.2, 0.25) is 0 Å².